The Hall–Kier alpha value is -1.67. The molecule has 0 aliphatic heterocycles. The number of benzene rings is 1. The quantitative estimate of drug-likeness (QED) is 0.904. The number of ether oxygens (including phenoxy) is 1. The van der Waals surface area contributed by atoms with Crippen molar-refractivity contribution < 1.29 is 13.2 Å². The maximum Gasteiger partial charge on any atom is 0.203 e. The van der Waals surface area contributed by atoms with E-state index in [4.69, 9.17) is 10.5 Å². The summed E-state index contributed by atoms with van der Waals surface area (Å²) in [4.78, 5) is 0.259. The molecule has 8 heteroatoms. The molecule has 2 N–H and O–H groups in total. The smallest absolute Gasteiger partial charge is 0.203 e. The molecule has 1 aromatic carbocycles. The van der Waals surface area contributed by atoms with Gasteiger partial charge >= 0.3 is 0 Å². The summed E-state index contributed by atoms with van der Waals surface area (Å²) in [5, 5.41) is 8.53. The highest BCUT2D eigenvalue weighted by Crippen LogP contribution is 2.18. The van der Waals surface area contributed by atoms with Crippen LogP contribution in [0.1, 0.15) is 5.01 Å². The van der Waals surface area contributed by atoms with Gasteiger partial charge in [0.25, 0.3) is 0 Å². The van der Waals surface area contributed by atoms with Gasteiger partial charge in [-0.3, -0.25) is 0 Å². The van der Waals surface area contributed by atoms with E-state index in [0.717, 1.165) is 6.26 Å². The highest BCUT2D eigenvalue weighted by molar-refractivity contribution is 7.90. The third-order valence-corrected chi connectivity index (χ3v) is 3.95. The van der Waals surface area contributed by atoms with Gasteiger partial charge in [-0.1, -0.05) is 11.3 Å². The zero-order valence-electron chi connectivity index (χ0n) is 9.53. The molecule has 0 amide bonds. The van der Waals surface area contributed by atoms with Gasteiger partial charge in [0.2, 0.25) is 5.13 Å². The van der Waals surface area contributed by atoms with Crippen LogP contribution in [-0.2, 0) is 16.4 Å². The zero-order valence-corrected chi connectivity index (χ0v) is 11.2. The molecule has 96 valence electrons. The molecule has 0 spiro atoms. The maximum absolute atomic E-state index is 11.3. The number of hydrogen-bond acceptors (Lipinski definition) is 7. The third-order valence-electron chi connectivity index (χ3n) is 2.10. The molecule has 0 fully saturated rings. The van der Waals surface area contributed by atoms with E-state index in [1.165, 1.54) is 23.5 Å². The number of sulfone groups is 1. The molecule has 0 saturated carbocycles. The molecule has 0 radical (unpaired) electrons. The van der Waals surface area contributed by atoms with Gasteiger partial charge in [0.1, 0.15) is 12.4 Å². The molecule has 2 rings (SSSR count). The summed E-state index contributed by atoms with van der Waals surface area (Å²) in [6.07, 6.45) is 1.16. The minimum Gasteiger partial charge on any atom is -0.486 e. The van der Waals surface area contributed by atoms with Crippen molar-refractivity contribution >= 4 is 26.3 Å². The Labute approximate surface area is 108 Å². The van der Waals surface area contributed by atoms with E-state index in [2.05, 4.69) is 10.2 Å². The van der Waals surface area contributed by atoms with E-state index in [0.29, 0.717) is 15.9 Å². The summed E-state index contributed by atoms with van der Waals surface area (Å²) in [5.41, 5.74) is 5.44. The Balaban J connectivity index is 2.03. The standard InChI is InChI=1S/C10H11N3O3S2/c1-18(14,15)8-4-2-7(3-5-8)16-6-9-12-13-10(11)17-9/h2-5H,6H2,1H3,(H2,11,13). The molecular formula is C10H11N3O3S2. The summed E-state index contributed by atoms with van der Waals surface area (Å²) < 4.78 is 27.9. The van der Waals surface area contributed by atoms with Gasteiger partial charge in [0.15, 0.2) is 14.8 Å². The monoisotopic (exact) mass is 285 g/mol. The molecule has 0 bridgehead atoms. The van der Waals surface area contributed by atoms with Crippen molar-refractivity contribution in [3.63, 3.8) is 0 Å². The van der Waals surface area contributed by atoms with Crippen molar-refractivity contribution in [2.75, 3.05) is 12.0 Å². The first-order chi connectivity index (χ1) is 8.45. The Morgan fingerprint density at radius 2 is 1.94 bits per heavy atom. The van der Waals surface area contributed by atoms with Gasteiger partial charge < -0.3 is 10.5 Å². The number of nitrogen functional groups attached to an aromatic ring is 1. The first-order valence-electron chi connectivity index (χ1n) is 4.96. The Bertz CT molecular complexity index is 635. The van der Waals surface area contributed by atoms with Gasteiger partial charge in [-0.2, -0.15) is 0 Å². The minimum atomic E-state index is -3.18. The molecule has 0 atom stereocenters. The summed E-state index contributed by atoms with van der Waals surface area (Å²) in [7, 11) is -3.18. The average molecular weight is 285 g/mol. The lowest BCUT2D eigenvalue weighted by Gasteiger charge is -2.04. The molecule has 0 aliphatic carbocycles. The molecule has 18 heavy (non-hydrogen) atoms. The summed E-state index contributed by atoms with van der Waals surface area (Å²) in [6, 6.07) is 6.19. The van der Waals surface area contributed by atoms with Crippen molar-refractivity contribution in [3.8, 4) is 5.75 Å². The maximum atomic E-state index is 11.3. The Morgan fingerprint density at radius 3 is 2.44 bits per heavy atom. The van der Waals surface area contributed by atoms with Crippen molar-refractivity contribution in [1.29, 1.82) is 0 Å². The van der Waals surface area contributed by atoms with Gasteiger partial charge in [0, 0.05) is 6.26 Å². The minimum absolute atomic E-state index is 0.257. The highest BCUT2D eigenvalue weighted by Gasteiger charge is 2.07. The van der Waals surface area contributed by atoms with Crippen LogP contribution in [0.15, 0.2) is 29.2 Å². The van der Waals surface area contributed by atoms with Crippen LogP contribution in [0.4, 0.5) is 5.13 Å². The molecule has 2 aromatic rings. The predicted octanol–water partition coefficient (Wildman–Crippen LogP) is 1.10. The van der Waals surface area contributed by atoms with Gasteiger partial charge in [0.05, 0.1) is 4.90 Å². The number of aromatic nitrogens is 2. The SMILES string of the molecule is CS(=O)(=O)c1ccc(OCc2nnc(N)s2)cc1. The van der Waals surface area contributed by atoms with Crippen LogP contribution >= 0.6 is 11.3 Å². The fourth-order valence-electron chi connectivity index (χ4n) is 1.25. The van der Waals surface area contributed by atoms with Gasteiger partial charge in [-0.25, -0.2) is 8.42 Å². The molecule has 0 saturated heterocycles. The summed E-state index contributed by atoms with van der Waals surface area (Å²) in [6.45, 7) is 0.257. The van der Waals surface area contributed by atoms with Crippen LogP contribution in [0.2, 0.25) is 0 Å². The second-order valence-corrected chi connectivity index (χ2v) is 6.68. The highest BCUT2D eigenvalue weighted by atomic mass is 32.2. The van der Waals surface area contributed by atoms with E-state index in [-0.39, 0.29) is 11.5 Å². The van der Waals surface area contributed by atoms with Crippen LogP contribution in [0.25, 0.3) is 0 Å². The number of nitrogens with two attached hydrogens (primary N) is 1. The normalized spacial score (nSPS) is 11.4. The van der Waals surface area contributed by atoms with E-state index >= 15 is 0 Å². The number of rotatable bonds is 4. The van der Waals surface area contributed by atoms with E-state index in [9.17, 15) is 8.42 Å². The van der Waals surface area contributed by atoms with Crippen LogP contribution in [0.5, 0.6) is 5.75 Å². The predicted molar refractivity (Wildman–Crippen MR) is 68.2 cm³/mol. The molecule has 0 unspecified atom stereocenters. The van der Waals surface area contributed by atoms with E-state index < -0.39 is 9.84 Å². The van der Waals surface area contributed by atoms with Crippen molar-refractivity contribution in [2.24, 2.45) is 0 Å². The van der Waals surface area contributed by atoms with Crippen molar-refractivity contribution in [1.82, 2.24) is 10.2 Å². The van der Waals surface area contributed by atoms with Crippen LogP contribution in [0, 0.1) is 0 Å². The van der Waals surface area contributed by atoms with E-state index in [1.54, 1.807) is 12.1 Å². The largest absolute Gasteiger partial charge is 0.486 e. The topological polar surface area (TPSA) is 95.2 Å². The third kappa shape index (κ3) is 3.17. The molecule has 1 heterocycles. The zero-order chi connectivity index (χ0) is 13.2. The van der Waals surface area contributed by atoms with Crippen LogP contribution < -0.4 is 10.5 Å². The van der Waals surface area contributed by atoms with E-state index in [1.807, 2.05) is 0 Å². The summed E-state index contributed by atoms with van der Waals surface area (Å²) in [5.74, 6) is 0.566. The molecular weight excluding hydrogens is 274 g/mol. The molecule has 6 nitrogen and oxygen atoms in total. The lowest BCUT2D eigenvalue weighted by molar-refractivity contribution is 0.304. The lowest BCUT2D eigenvalue weighted by Crippen LogP contribution is -1.98. The first-order valence-corrected chi connectivity index (χ1v) is 7.67. The van der Waals surface area contributed by atoms with Crippen molar-refractivity contribution in [2.45, 2.75) is 11.5 Å². The number of hydrogen-bond donors (Lipinski definition) is 1. The number of nitrogens with zero attached hydrogens (tertiary/aromatic N) is 2. The fourth-order valence-corrected chi connectivity index (χ4v) is 2.41. The molecule has 1 aromatic heterocycles. The summed E-state index contributed by atoms with van der Waals surface area (Å²) >= 11 is 1.25. The van der Waals surface area contributed by atoms with Crippen LogP contribution in [0.3, 0.4) is 0 Å². The second-order valence-electron chi connectivity index (χ2n) is 3.57. The molecule has 0 aliphatic rings. The lowest BCUT2D eigenvalue weighted by atomic mass is 10.3. The van der Waals surface area contributed by atoms with Crippen molar-refractivity contribution in [3.05, 3.63) is 29.3 Å². The Morgan fingerprint density at radius 1 is 1.28 bits per heavy atom. The van der Waals surface area contributed by atoms with Gasteiger partial charge in [-0.15, -0.1) is 10.2 Å². The fraction of sp³-hybridized carbons (Fsp3) is 0.200. The first kappa shape index (κ1) is 12.8. The number of anilines is 1. The average Bonchev–Trinajstić information content (AvgIpc) is 2.72. The Kier molecular flexibility index (Phi) is 3.48. The van der Waals surface area contributed by atoms with Gasteiger partial charge in [-0.05, 0) is 24.3 Å². The second kappa shape index (κ2) is 4.91. The van der Waals surface area contributed by atoms with Crippen LogP contribution in [-0.4, -0.2) is 24.9 Å².